The topological polar surface area (TPSA) is 102 Å². The van der Waals surface area contributed by atoms with Gasteiger partial charge >= 0.3 is 12.1 Å². The Morgan fingerprint density at radius 2 is 1.73 bits per heavy atom. The molecule has 11 heteroatoms. The van der Waals surface area contributed by atoms with Crippen LogP contribution in [0.2, 0.25) is 0 Å². The molecule has 0 unspecified atom stereocenters. The Morgan fingerprint density at radius 3 is 2.41 bits per heavy atom. The number of carbonyl (C=O) groups is 2. The van der Waals surface area contributed by atoms with Crippen LogP contribution in [0.4, 0.5) is 18.9 Å². The molecule has 5 rings (SSSR count). The number of anilines is 1. The van der Waals surface area contributed by atoms with Gasteiger partial charge in [-0.1, -0.05) is 24.3 Å². The van der Waals surface area contributed by atoms with Gasteiger partial charge < -0.3 is 14.8 Å². The second kappa shape index (κ2) is 10.4. The zero-order chi connectivity index (χ0) is 26.6. The lowest BCUT2D eigenvalue weighted by molar-refractivity contribution is -0.192. The highest BCUT2D eigenvalue weighted by molar-refractivity contribution is 6.10. The molecule has 8 nitrogen and oxygen atoms in total. The van der Waals surface area contributed by atoms with Gasteiger partial charge in [-0.2, -0.15) is 13.2 Å². The molecule has 0 radical (unpaired) electrons. The van der Waals surface area contributed by atoms with Crippen molar-refractivity contribution in [2.75, 3.05) is 5.32 Å². The van der Waals surface area contributed by atoms with Gasteiger partial charge in [-0.05, 0) is 55.0 Å². The van der Waals surface area contributed by atoms with E-state index in [1.54, 1.807) is 12.5 Å². The molecule has 0 aliphatic carbocycles. The largest absolute Gasteiger partial charge is 0.490 e. The predicted octanol–water partition coefficient (Wildman–Crippen LogP) is 5.38. The lowest BCUT2D eigenvalue weighted by Crippen LogP contribution is -2.21. The van der Waals surface area contributed by atoms with Crippen molar-refractivity contribution in [3.05, 3.63) is 103 Å². The van der Waals surface area contributed by atoms with Crippen LogP contribution in [0.3, 0.4) is 0 Å². The van der Waals surface area contributed by atoms with Crippen LogP contribution in [0.1, 0.15) is 15.9 Å². The number of nitrogens with zero attached hydrogens (tertiary/aromatic N) is 4. The van der Waals surface area contributed by atoms with Crippen LogP contribution in [0.15, 0.2) is 91.6 Å². The third kappa shape index (κ3) is 5.84. The van der Waals surface area contributed by atoms with Crippen molar-refractivity contribution < 1.29 is 27.9 Å². The second-order valence-corrected chi connectivity index (χ2v) is 7.88. The van der Waals surface area contributed by atoms with Crippen LogP contribution in [0, 0.1) is 6.92 Å². The van der Waals surface area contributed by atoms with E-state index in [0.717, 1.165) is 34.0 Å². The zero-order valence-corrected chi connectivity index (χ0v) is 19.3. The molecule has 1 aromatic carbocycles. The van der Waals surface area contributed by atoms with Gasteiger partial charge in [0, 0.05) is 24.3 Å². The molecule has 0 atom stereocenters. The van der Waals surface area contributed by atoms with Crippen LogP contribution >= 0.6 is 0 Å². The van der Waals surface area contributed by atoms with Crippen LogP contribution in [0.5, 0.6) is 0 Å². The summed E-state index contributed by atoms with van der Waals surface area (Å²) in [5.41, 5.74) is 4.89. The lowest BCUT2D eigenvalue weighted by Gasteiger charge is -2.05. The Labute approximate surface area is 208 Å². The maximum absolute atomic E-state index is 13.1. The number of carboxylic acid groups (broad SMARTS) is 1. The summed E-state index contributed by atoms with van der Waals surface area (Å²) in [6.45, 7) is 2.00. The number of carboxylic acids is 1. The van der Waals surface area contributed by atoms with E-state index < -0.39 is 12.1 Å². The summed E-state index contributed by atoms with van der Waals surface area (Å²) in [4.78, 5) is 30.9. The van der Waals surface area contributed by atoms with E-state index in [4.69, 9.17) is 9.90 Å². The average molecular weight is 507 g/mol. The number of aliphatic carboxylic acids is 1. The van der Waals surface area contributed by atoms with Gasteiger partial charge in [-0.3, -0.25) is 9.36 Å². The third-order valence-electron chi connectivity index (χ3n) is 5.20. The van der Waals surface area contributed by atoms with Crippen molar-refractivity contribution >= 4 is 23.1 Å². The van der Waals surface area contributed by atoms with Crippen LogP contribution < -0.4 is 5.32 Å². The molecule has 0 saturated heterocycles. The number of carbonyl (C=O) groups excluding carboxylic acids is 1. The minimum atomic E-state index is -5.08. The summed E-state index contributed by atoms with van der Waals surface area (Å²) in [5.74, 6) is -2.12. The van der Waals surface area contributed by atoms with Crippen LogP contribution in [0.25, 0.3) is 22.7 Å². The fourth-order valence-corrected chi connectivity index (χ4v) is 3.54. The number of benzene rings is 1. The quantitative estimate of drug-likeness (QED) is 0.340. The second-order valence-electron chi connectivity index (χ2n) is 7.88. The van der Waals surface area contributed by atoms with E-state index in [2.05, 4.69) is 15.3 Å². The van der Waals surface area contributed by atoms with Gasteiger partial charge in [-0.25, -0.2) is 14.8 Å². The molecule has 0 bridgehead atoms. The Balaban J connectivity index is 0.000000405. The molecular weight excluding hydrogens is 487 g/mol. The number of amides is 1. The fraction of sp³-hybridized carbons (Fsp3) is 0.0769. The molecule has 37 heavy (non-hydrogen) atoms. The van der Waals surface area contributed by atoms with Crippen LogP contribution in [-0.2, 0) is 4.79 Å². The number of hydrogen-bond acceptors (Lipinski definition) is 4. The van der Waals surface area contributed by atoms with Crippen molar-refractivity contribution in [3.63, 3.8) is 0 Å². The minimum absolute atomic E-state index is 0.153. The molecule has 1 amide bonds. The van der Waals surface area contributed by atoms with Crippen molar-refractivity contribution in [2.45, 2.75) is 13.1 Å². The highest BCUT2D eigenvalue weighted by Crippen LogP contribution is 2.26. The van der Waals surface area contributed by atoms with Gasteiger partial charge in [0.25, 0.3) is 5.91 Å². The maximum Gasteiger partial charge on any atom is 0.490 e. The molecule has 0 fully saturated rings. The monoisotopic (exact) mass is 507 g/mol. The standard InChI is InChI=1S/C24H19N5O.C2HF3O2/c1-17-7-6-8-18(13-17)27-24(30)19-14-22(29-12-5-3-9-21(19)29)20-15-28(16-26-20)23-10-2-4-11-25-23;3-2(4,5)1(6)7/h2-16H,1H3,(H,27,30);(H,6,7). The summed E-state index contributed by atoms with van der Waals surface area (Å²) in [6, 6.07) is 21.2. The smallest absolute Gasteiger partial charge is 0.475 e. The van der Waals surface area contributed by atoms with Crippen LogP contribution in [-0.4, -0.2) is 42.1 Å². The lowest BCUT2D eigenvalue weighted by atomic mass is 10.2. The summed E-state index contributed by atoms with van der Waals surface area (Å²) < 4.78 is 35.6. The average Bonchev–Trinajstić information content (AvgIpc) is 3.50. The summed E-state index contributed by atoms with van der Waals surface area (Å²) in [6.07, 6.45) is 2.25. The highest BCUT2D eigenvalue weighted by Gasteiger charge is 2.38. The molecule has 2 N–H and O–H groups in total. The van der Waals surface area contributed by atoms with E-state index in [-0.39, 0.29) is 5.91 Å². The molecule has 4 heterocycles. The van der Waals surface area contributed by atoms with E-state index in [9.17, 15) is 18.0 Å². The van der Waals surface area contributed by atoms with Crippen molar-refractivity contribution in [1.82, 2.24) is 18.9 Å². The Kier molecular flexibility index (Phi) is 7.05. The van der Waals surface area contributed by atoms with Crippen molar-refractivity contribution in [3.8, 4) is 17.2 Å². The Hall–Kier alpha value is -4.93. The Morgan fingerprint density at radius 1 is 0.973 bits per heavy atom. The SMILES string of the molecule is Cc1cccc(NC(=O)c2cc(-c3cn(-c4ccccn4)cn3)n3ccccc23)c1.O=C(O)C(F)(F)F. The third-order valence-corrected chi connectivity index (χ3v) is 5.20. The summed E-state index contributed by atoms with van der Waals surface area (Å²) >= 11 is 0. The number of alkyl halides is 3. The number of pyridine rings is 2. The molecule has 4 aromatic heterocycles. The van der Waals surface area contributed by atoms with Crippen molar-refractivity contribution in [2.24, 2.45) is 0 Å². The number of aryl methyl sites for hydroxylation is 1. The van der Waals surface area contributed by atoms with E-state index in [0.29, 0.717) is 5.56 Å². The van der Waals surface area contributed by atoms with Gasteiger partial charge in [0.2, 0.25) is 0 Å². The molecule has 0 saturated carbocycles. The van der Waals surface area contributed by atoms with Gasteiger partial charge in [0.05, 0.1) is 16.8 Å². The molecule has 188 valence electrons. The molecule has 0 spiro atoms. The first-order valence-corrected chi connectivity index (χ1v) is 10.9. The number of aromatic nitrogens is 4. The zero-order valence-electron chi connectivity index (χ0n) is 19.3. The molecular formula is C26H20F3N5O3. The van der Waals surface area contributed by atoms with Gasteiger partial charge in [0.1, 0.15) is 17.8 Å². The minimum Gasteiger partial charge on any atom is -0.475 e. The first kappa shape index (κ1) is 25.2. The number of imidazole rings is 1. The maximum atomic E-state index is 13.1. The van der Waals surface area contributed by atoms with E-state index in [1.807, 2.05) is 95.0 Å². The number of nitrogens with one attached hydrogen (secondary N) is 1. The first-order valence-electron chi connectivity index (χ1n) is 10.9. The number of hydrogen-bond donors (Lipinski definition) is 2. The molecule has 0 aliphatic heterocycles. The molecule has 5 aromatic rings. The van der Waals surface area contributed by atoms with Gasteiger partial charge in [0.15, 0.2) is 0 Å². The summed E-state index contributed by atoms with van der Waals surface area (Å²) in [5, 5.41) is 10.1. The number of fused-ring (bicyclic) bond motifs is 1. The number of halogens is 3. The summed E-state index contributed by atoms with van der Waals surface area (Å²) in [7, 11) is 0. The first-order chi connectivity index (χ1) is 17.6. The fourth-order valence-electron chi connectivity index (χ4n) is 3.54. The van der Waals surface area contributed by atoms with E-state index in [1.165, 1.54) is 0 Å². The highest BCUT2D eigenvalue weighted by atomic mass is 19.4. The predicted molar refractivity (Wildman–Crippen MR) is 131 cm³/mol. The van der Waals surface area contributed by atoms with Gasteiger partial charge in [-0.15, -0.1) is 0 Å². The molecule has 0 aliphatic rings. The number of rotatable bonds is 4. The van der Waals surface area contributed by atoms with Crippen molar-refractivity contribution in [1.29, 1.82) is 0 Å². The van der Waals surface area contributed by atoms with E-state index >= 15 is 0 Å². The normalized spacial score (nSPS) is 11.0. The Bertz CT molecular complexity index is 1560.